The van der Waals surface area contributed by atoms with Crippen molar-refractivity contribution in [2.45, 2.75) is 6.54 Å². The van der Waals surface area contributed by atoms with E-state index in [2.05, 4.69) is 15.0 Å². The Labute approximate surface area is 143 Å². The van der Waals surface area contributed by atoms with Crippen LogP contribution < -0.4 is 10.3 Å². The Morgan fingerprint density at radius 3 is 2.56 bits per heavy atom. The van der Waals surface area contributed by atoms with Gasteiger partial charge in [0, 0.05) is 12.1 Å². The van der Waals surface area contributed by atoms with Crippen LogP contribution in [0.1, 0.15) is 5.56 Å². The van der Waals surface area contributed by atoms with Gasteiger partial charge >= 0.3 is 0 Å². The summed E-state index contributed by atoms with van der Waals surface area (Å²) in [6.07, 6.45) is 1.64. The lowest BCUT2D eigenvalue weighted by molar-refractivity contribution is 0.414. The van der Waals surface area contributed by atoms with Crippen molar-refractivity contribution in [2.75, 3.05) is 7.11 Å². The molecule has 4 rings (SSSR count). The molecule has 0 unspecified atom stereocenters. The van der Waals surface area contributed by atoms with Gasteiger partial charge in [-0.1, -0.05) is 42.5 Å². The maximum Gasteiger partial charge on any atom is 0.277 e. The van der Waals surface area contributed by atoms with Crippen molar-refractivity contribution in [3.05, 3.63) is 76.8 Å². The van der Waals surface area contributed by atoms with Crippen molar-refractivity contribution in [3.63, 3.8) is 0 Å². The number of ether oxygens (including phenoxy) is 1. The molecule has 25 heavy (non-hydrogen) atoms. The predicted octanol–water partition coefficient (Wildman–Crippen LogP) is 2.84. The first-order chi connectivity index (χ1) is 12.2. The molecule has 2 aromatic heterocycles. The Bertz CT molecular complexity index is 1070. The van der Waals surface area contributed by atoms with Crippen molar-refractivity contribution in [1.82, 2.24) is 19.5 Å². The molecule has 0 saturated heterocycles. The number of H-pyrrole nitrogens is 1. The Kier molecular flexibility index (Phi) is 3.78. The maximum atomic E-state index is 12.6. The lowest BCUT2D eigenvalue weighted by Crippen LogP contribution is -2.13. The standard InChI is InChI=1S/C19H16N4O2/c1-25-15-9-7-13(8-10-15)11-23-12-20-18-16(23)19(24)22-17(21-18)14-5-3-2-4-6-14/h2-10,12H,11H2,1H3,(H,21,22,24). The Morgan fingerprint density at radius 2 is 1.84 bits per heavy atom. The zero-order chi connectivity index (χ0) is 17.2. The van der Waals surface area contributed by atoms with Crippen LogP contribution in [0.5, 0.6) is 5.75 Å². The molecular formula is C19H16N4O2. The highest BCUT2D eigenvalue weighted by Gasteiger charge is 2.12. The lowest BCUT2D eigenvalue weighted by atomic mass is 10.2. The van der Waals surface area contributed by atoms with E-state index in [-0.39, 0.29) is 5.56 Å². The minimum Gasteiger partial charge on any atom is -0.497 e. The van der Waals surface area contributed by atoms with Crippen LogP contribution in [0, 0.1) is 0 Å². The van der Waals surface area contributed by atoms with Crippen molar-refractivity contribution in [3.8, 4) is 17.1 Å². The van der Waals surface area contributed by atoms with E-state index in [1.165, 1.54) is 0 Å². The number of nitrogens with zero attached hydrogens (tertiary/aromatic N) is 3. The zero-order valence-corrected chi connectivity index (χ0v) is 13.6. The van der Waals surface area contributed by atoms with Gasteiger partial charge in [-0.15, -0.1) is 0 Å². The maximum absolute atomic E-state index is 12.6. The van der Waals surface area contributed by atoms with Crippen LogP contribution >= 0.6 is 0 Å². The molecule has 0 aliphatic rings. The Hall–Kier alpha value is -3.41. The minimum atomic E-state index is -0.199. The Morgan fingerprint density at radius 1 is 1.08 bits per heavy atom. The normalized spacial score (nSPS) is 10.9. The SMILES string of the molecule is COc1ccc(Cn2cnc3nc(-c4ccccc4)[nH]c(=O)c32)cc1. The smallest absolute Gasteiger partial charge is 0.277 e. The van der Waals surface area contributed by atoms with Gasteiger partial charge in [0.2, 0.25) is 0 Å². The van der Waals surface area contributed by atoms with Crippen LogP contribution in [0.2, 0.25) is 0 Å². The number of benzene rings is 2. The molecule has 0 fully saturated rings. The van der Waals surface area contributed by atoms with Gasteiger partial charge in [0.25, 0.3) is 5.56 Å². The van der Waals surface area contributed by atoms with Crippen molar-refractivity contribution < 1.29 is 4.74 Å². The third-order valence-corrected chi connectivity index (χ3v) is 4.04. The van der Waals surface area contributed by atoms with Gasteiger partial charge in [-0.05, 0) is 17.7 Å². The van der Waals surface area contributed by atoms with Crippen LogP contribution in [0.15, 0.2) is 65.7 Å². The summed E-state index contributed by atoms with van der Waals surface area (Å²) in [5, 5.41) is 0. The predicted molar refractivity (Wildman–Crippen MR) is 95.7 cm³/mol. The van der Waals surface area contributed by atoms with Crippen LogP contribution in [-0.4, -0.2) is 26.6 Å². The average molecular weight is 332 g/mol. The molecule has 124 valence electrons. The summed E-state index contributed by atoms with van der Waals surface area (Å²) in [5.74, 6) is 1.32. The Balaban J connectivity index is 1.73. The molecule has 0 aliphatic carbocycles. The third-order valence-electron chi connectivity index (χ3n) is 4.04. The number of aromatic amines is 1. The van der Waals surface area contributed by atoms with E-state index in [0.717, 1.165) is 16.9 Å². The molecule has 1 N–H and O–H groups in total. The highest BCUT2D eigenvalue weighted by molar-refractivity contribution is 5.72. The second-order valence-corrected chi connectivity index (χ2v) is 5.67. The molecule has 2 aromatic carbocycles. The van der Waals surface area contributed by atoms with E-state index < -0.39 is 0 Å². The number of imidazole rings is 1. The second-order valence-electron chi connectivity index (χ2n) is 5.67. The largest absolute Gasteiger partial charge is 0.497 e. The first-order valence-electron chi connectivity index (χ1n) is 7.88. The summed E-state index contributed by atoms with van der Waals surface area (Å²) in [5.41, 5.74) is 2.61. The van der Waals surface area contributed by atoms with Gasteiger partial charge in [0.1, 0.15) is 11.6 Å². The van der Waals surface area contributed by atoms with E-state index in [4.69, 9.17) is 4.74 Å². The summed E-state index contributed by atoms with van der Waals surface area (Å²) in [6.45, 7) is 0.538. The molecule has 0 aliphatic heterocycles. The molecular weight excluding hydrogens is 316 g/mol. The summed E-state index contributed by atoms with van der Waals surface area (Å²) >= 11 is 0. The molecule has 0 spiro atoms. The van der Waals surface area contributed by atoms with Gasteiger partial charge in [-0.25, -0.2) is 9.97 Å². The molecule has 0 saturated carbocycles. The second kappa shape index (κ2) is 6.24. The topological polar surface area (TPSA) is 72.8 Å². The summed E-state index contributed by atoms with van der Waals surface area (Å²) < 4.78 is 6.97. The van der Waals surface area contributed by atoms with E-state index in [9.17, 15) is 4.79 Å². The fourth-order valence-corrected chi connectivity index (χ4v) is 2.77. The zero-order valence-electron chi connectivity index (χ0n) is 13.6. The molecule has 4 aromatic rings. The van der Waals surface area contributed by atoms with Crippen molar-refractivity contribution in [2.24, 2.45) is 0 Å². The highest BCUT2D eigenvalue weighted by Crippen LogP contribution is 2.17. The summed E-state index contributed by atoms with van der Waals surface area (Å²) in [4.78, 5) is 24.2. The van der Waals surface area contributed by atoms with Crippen molar-refractivity contribution >= 4 is 11.2 Å². The van der Waals surface area contributed by atoms with E-state index in [1.807, 2.05) is 54.6 Å². The quantitative estimate of drug-likeness (QED) is 0.624. The fourth-order valence-electron chi connectivity index (χ4n) is 2.77. The number of aromatic nitrogens is 4. The van der Waals surface area contributed by atoms with Crippen LogP contribution in [0.3, 0.4) is 0 Å². The third kappa shape index (κ3) is 2.89. The molecule has 6 nitrogen and oxygen atoms in total. The highest BCUT2D eigenvalue weighted by atomic mass is 16.5. The molecule has 0 amide bonds. The lowest BCUT2D eigenvalue weighted by Gasteiger charge is -2.06. The molecule has 0 atom stereocenters. The minimum absolute atomic E-state index is 0.199. The van der Waals surface area contributed by atoms with Gasteiger partial charge in [0.15, 0.2) is 11.2 Å². The number of methoxy groups -OCH3 is 1. The number of rotatable bonds is 4. The van der Waals surface area contributed by atoms with Gasteiger partial charge in [-0.3, -0.25) is 4.79 Å². The van der Waals surface area contributed by atoms with E-state index in [1.54, 1.807) is 18.0 Å². The molecule has 0 bridgehead atoms. The number of hydrogen-bond donors (Lipinski definition) is 1. The van der Waals surface area contributed by atoms with Crippen molar-refractivity contribution in [1.29, 1.82) is 0 Å². The number of hydrogen-bond acceptors (Lipinski definition) is 4. The van der Waals surface area contributed by atoms with Gasteiger partial charge in [0.05, 0.1) is 13.4 Å². The first kappa shape index (κ1) is 15.1. The van der Waals surface area contributed by atoms with Crippen LogP contribution in [0.25, 0.3) is 22.6 Å². The van der Waals surface area contributed by atoms with E-state index in [0.29, 0.717) is 23.5 Å². The molecule has 6 heteroatoms. The fraction of sp³-hybridized carbons (Fsp3) is 0.105. The molecule has 0 radical (unpaired) electrons. The van der Waals surface area contributed by atoms with Crippen LogP contribution in [-0.2, 0) is 6.54 Å². The number of fused-ring (bicyclic) bond motifs is 1. The number of nitrogens with one attached hydrogen (secondary N) is 1. The van der Waals surface area contributed by atoms with E-state index >= 15 is 0 Å². The van der Waals surface area contributed by atoms with Gasteiger partial charge < -0.3 is 14.3 Å². The average Bonchev–Trinajstić information content (AvgIpc) is 3.06. The summed E-state index contributed by atoms with van der Waals surface area (Å²) in [7, 11) is 1.63. The molecule has 2 heterocycles. The summed E-state index contributed by atoms with van der Waals surface area (Å²) in [6, 6.07) is 17.2. The van der Waals surface area contributed by atoms with Gasteiger partial charge in [-0.2, -0.15) is 0 Å². The van der Waals surface area contributed by atoms with Crippen LogP contribution in [0.4, 0.5) is 0 Å². The monoisotopic (exact) mass is 332 g/mol. The first-order valence-corrected chi connectivity index (χ1v) is 7.88.